The number of aliphatic hydroxyl groups excluding tert-OH is 1. The molecule has 0 saturated carbocycles. The molecule has 0 amide bonds. The van der Waals surface area contributed by atoms with Gasteiger partial charge in [0.05, 0.1) is 12.3 Å². The first-order chi connectivity index (χ1) is 6.76. The van der Waals surface area contributed by atoms with Crippen molar-refractivity contribution >= 4 is 17.6 Å². The summed E-state index contributed by atoms with van der Waals surface area (Å²) >= 11 is 1.67. The molecule has 1 aromatic heterocycles. The first-order valence-corrected chi connectivity index (χ1v) is 5.46. The smallest absolute Gasteiger partial charge is 0.140 e. The Hall–Kier alpha value is -0.780. The maximum atomic E-state index is 8.84. The summed E-state index contributed by atoms with van der Waals surface area (Å²) < 4.78 is 0. The van der Waals surface area contributed by atoms with E-state index in [4.69, 9.17) is 10.9 Å². The number of anilines is 1. The molecule has 0 fully saturated rings. The van der Waals surface area contributed by atoms with Gasteiger partial charge in [-0.25, -0.2) is 10.8 Å². The average molecular weight is 213 g/mol. The molecular formula is C9H15N3OS. The van der Waals surface area contributed by atoms with E-state index >= 15 is 0 Å². The van der Waals surface area contributed by atoms with Crippen molar-refractivity contribution in [1.82, 2.24) is 4.98 Å². The number of pyridine rings is 1. The minimum absolute atomic E-state index is 0.194. The zero-order valence-electron chi connectivity index (χ0n) is 8.10. The maximum absolute atomic E-state index is 8.84. The van der Waals surface area contributed by atoms with Gasteiger partial charge in [-0.2, -0.15) is 11.8 Å². The molecule has 1 rings (SSSR count). The Morgan fingerprint density at radius 1 is 1.64 bits per heavy atom. The third kappa shape index (κ3) is 3.53. The van der Waals surface area contributed by atoms with Crippen molar-refractivity contribution in [3.8, 4) is 0 Å². The van der Waals surface area contributed by atoms with Crippen molar-refractivity contribution in [3.63, 3.8) is 0 Å². The Bertz CT molecular complexity index is 283. The van der Waals surface area contributed by atoms with Crippen molar-refractivity contribution in [2.75, 3.05) is 12.0 Å². The molecule has 0 aliphatic rings. The molecule has 4 N–H and O–H groups in total. The van der Waals surface area contributed by atoms with Crippen LogP contribution in [0.2, 0.25) is 0 Å². The average Bonchev–Trinajstić information content (AvgIpc) is 2.26. The predicted octanol–water partition coefficient (Wildman–Crippen LogP) is 0.981. The molecule has 1 aromatic rings. The molecule has 1 unspecified atom stereocenters. The van der Waals surface area contributed by atoms with Crippen LogP contribution in [0.25, 0.3) is 0 Å². The normalized spacial score (nSPS) is 12.5. The van der Waals surface area contributed by atoms with Crippen LogP contribution in [0.4, 0.5) is 5.82 Å². The van der Waals surface area contributed by atoms with Gasteiger partial charge in [0.1, 0.15) is 5.82 Å². The van der Waals surface area contributed by atoms with Gasteiger partial charge in [0.25, 0.3) is 0 Å². The lowest BCUT2D eigenvalue weighted by Gasteiger charge is -2.07. The van der Waals surface area contributed by atoms with Crippen LogP contribution in [0.1, 0.15) is 12.6 Å². The second-order valence-corrected chi connectivity index (χ2v) is 4.39. The molecule has 14 heavy (non-hydrogen) atoms. The van der Waals surface area contributed by atoms with Crippen LogP contribution < -0.4 is 11.3 Å². The fourth-order valence-electron chi connectivity index (χ4n) is 0.921. The van der Waals surface area contributed by atoms with Gasteiger partial charge in [0.2, 0.25) is 0 Å². The van der Waals surface area contributed by atoms with E-state index in [1.54, 1.807) is 11.8 Å². The van der Waals surface area contributed by atoms with Crippen LogP contribution in [0.5, 0.6) is 0 Å². The summed E-state index contributed by atoms with van der Waals surface area (Å²) in [5.74, 6) is 6.70. The molecule has 0 saturated heterocycles. The fourth-order valence-corrected chi connectivity index (χ4v) is 1.64. The number of hydrazine groups is 1. The quantitative estimate of drug-likeness (QED) is 0.502. The van der Waals surface area contributed by atoms with Crippen molar-refractivity contribution < 1.29 is 5.11 Å². The third-order valence-corrected chi connectivity index (χ3v) is 2.91. The van der Waals surface area contributed by atoms with Crippen LogP contribution in [0.3, 0.4) is 0 Å². The van der Waals surface area contributed by atoms with Crippen molar-refractivity contribution in [1.29, 1.82) is 0 Å². The molecule has 0 bridgehead atoms. The van der Waals surface area contributed by atoms with Gasteiger partial charge in [-0.3, -0.25) is 0 Å². The Morgan fingerprint density at radius 3 is 3.07 bits per heavy atom. The summed E-state index contributed by atoms with van der Waals surface area (Å²) in [7, 11) is 0. The largest absolute Gasteiger partial charge is 0.395 e. The topological polar surface area (TPSA) is 71.2 Å². The lowest BCUT2D eigenvalue weighted by atomic mass is 10.4. The SMILES string of the molecule is CC(CO)SCc1cccc(NN)n1. The van der Waals surface area contributed by atoms with E-state index in [0.717, 1.165) is 11.4 Å². The number of nitrogens with zero attached hydrogens (tertiary/aromatic N) is 1. The van der Waals surface area contributed by atoms with Gasteiger partial charge in [0.15, 0.2) is 0 Å². The van der Waals surface area contributed by atoms with Crippen LogP contribution in [-0.2, 0) is 5.75 Å². The summed E-state index contributed by atoms with van der Waals surface area (Å²) in [5, 5.41) is 9.08. The number of hydrogen-bond donors (Lipinski definition) is 3. The summed E-state index contributed by atoms with van der Waals surface area (Å²) in [6, 6.07) is 5.66. The molecule has 1 heterocycles. The van der Waals surface area contributed by atoms with E-state index in [9.17, 15) is 0 Å². The maximum Gasteiger partial charge on any atom is 0.140 e. The molecule has 78 valence electrons. The highest BCUT2D eigenvalue weighted by Gasteiger charge is 2.02. The van der Waals surface area contributed by atoms with Gasteiger partial charge >= 0.3 is 0 Å². The van der Waals surface area contributed by atoms with E-state index in [1.807, 2.05) is 25.1 Å². The molecule has 5 heteroatoms. The van der Waals surface area contributed by atoms with Gasteiger partial charge in [-0.1, -0.05) is 13.0 Å². The molecule has 0 aliphatic carbocycles. The zero-order valence-corrected chi connectivity index (χ0v) is 8.92. The fraction of sp³-hybridized carbons (Fsp3) is 0.444. The number of nitrogens with one attached hydrogen (secondary N) is 1. The summed E-state index contributed by atoms with van der Waals surface area (Å²) in [5.41, 5.74) is 3.46. The van der Waals surface area contributed by atoms with Crippen molar-refractivity contribution in [2.24, 2.45) is 5.84 Å². The first kappa shape index (κ1) is 11.3. The standard InChI is InChI=1S/C9H15N3OS/c1-7(5-13)14-6-8-3-2-4-9(11-8)12-10/h2-4,7,13H,5-6,10H2,1H3,(H,11,12). The van der Waals surface area contributed by atoms with E-state index in [1.165, 1.54) is 0 Å². The predicted molar refractivity (Wildman–Crippen MR) is 59.9 cm³/mol. The minimum Gasteiger partial charge on any atom is -0.395 e. The van der Waals surface area contributed by atoms with Crippen LogP contribution in [0, 0.1) is 0 Å². The minimum atomic E-state index is 0.194. The zero-order chi connectivity index (χ0) is 10.4. The van der Waals surface area contributed by atoms with Crippen molar-refractivity contribution in [2.45, 2.75) is 17.9 Å². The van der Waals surface area contributed by atoms with Gasteiger partial charge in [0, 0.05) is 11.0 Å². The monoisotopic (exact) mass is 213 g/mol. The molecule has 0 radical (unpaired) electrons. The van der Waals surface area contributed by atoms with Crippen LogP contribution in [0.15, 0.2) is 18.2 Å². The van der Waals surface area contributed by atoms with Gasteiger partial charge < -0.3 is 10.5 Å². The number of rotatable bonds is 5. The van der Waals surface area contributed by atoms with Crippen molar-refractivity contribution in [3.05, 3.63) is 23.9 Å². The van der Waals surface area contributed by atoms with Crippen LogP contribution >= 0.6 is 11.8 Å². The Labute approximate surface area is 87.9 Å². The van der Waals surface area contributed by atoms with Gasteiger partial charge in [-0.05, 0) is 12.1 Å². The second kappa shape index (κ2) is 5.85. The van der Waals surface area contributed by atoms with Crippen LogP contribution in [-0.4, -0.2) is 21.9 Å². The molecule has 0 spiro atoms. The van der Waals surface area contributed by atoms with Gasteiger partial charge in [-0.15, -0.1) is 0 Å². The number of aliphatic hydroxyl groups is 1. The molecule has 0 aliphatic heterocycles. The summed E-state index contributed by atoms with van der Waals surface area (Å²) in [4.78, 5) is 4.26. The lowest BCUT2D eigenvalue weighted by Crippen LogP contribution is -2.09. The Balaban J connectivity index is 2.50. The number of thioether (sulfide) groups is 1. The summed E-state index contributed by atoms with van der Waals surface area (Å²) in [6.45, 7) is 2.18. The highest BCUT2D eigenvalue weighted by molar-refractivity contribution is 7.99. The molecular weight excluding hydrogens is 198 g/mol. The number of aromatic nitrogens is 1. The second-order valence-electron chi connectivity index (χ2n) is 2.96. The lowest BCUT2D eigenvalue weighted by molar-refractivity contribution is 0.300. The summed E-state index contributed by atoms with van der Waals surface area (Å²) in [6.07, 6.45) is 0. The Morgan fingerprint density at radius 2 is 2.43 bits per heavy atom. The highest BCUT2D eigenvalue weighted by Crippen LogP contribution is 2.16. The van der Waals surface area contributed by atoms with E-state index < -0.39 is 0 Å². The number of nitrogen functional groups attached to an aromatic ring is 1. The van der Waals surface area contributed by atoms with E-state index in [-0.39, 0.29) is 11.9 Å². The molecule has 1 atom stereocenters. The number of nitrogens with two attached hydrogens (primary N) is 1. The third-order valence-electron chi connectivity index (χ3n) is 1.73. The molecule has 4 nitrogen and oxygen atoms in total. The first-order valence-electron chi connectivity index (χ1n) is 4.41. The highest BCUT2D eigenvalue weighted by atomic mass is 32.2. The Kier molecular flexibility index (Phi) is 4.72. The molecule has 0 aromatic carbocycles. The van der Waals surface area contributed by atoms with E-state index in [2.05, 4.69) is 10.4 Å². The number of hydrogen-bond acceptors (Lipinski definition) is 5. The van der Waals surface area contributed by atoms with E-state index in [0.29, 0.717) is 5.82 Å².